The number of aromatic nitrogens is 2. The van der Waals surface area contributed by atoms with Gasteiger partial charge in [0.2, 0.25) is 0 Å². The molecule has 0 radical (unpaired) electrons. The van der Waals surface area contributed by atoms with Crippen LogP contribution in [0.15, 0.2) is 29.3 Å². The number of anilines is 1. The zero-order chi connectivity index (χ0) is 21.6. The third kappa shape index (κ3) is 3.68. The zero-order valence-electron chi connectivity index (χ0n) is 16.8. The third-order valence-electron chi connectivity index (χ3n) is 5.07. The monoisotopic (exact) mass is 403 g/mol. The highest BCUT2D eigenvalue weighted by Gasteiger charge is 2.45. The van der Waals surface area contributed by atoms with E-state index >= 15 is 0 Å². The van der Waals surface area contributed by atoms with Gasteiger partial charge < -0.3 is 15.0 Å². The summed E-state index contributed by atoms with van der Waals surface area (Å²) in [7, 11) is 1.46. The second kappa shape index (κ2) is 7.12. The lowest BCUT2D eigenvalue weighted by Crippen LogP contribution is -2.63. The topological polar surface area (TPSA) is 82.7 Å². The van der Waals surface area contributed by atoms with Crippen molar-refractivity contribution in [2.24, 2.45) is 0 Å². The van der Waals surface area contributed by atoms with Gasteiger partial charge in [0, 0.05) is 43.6 Å². The van der Waals surface area contributed by atoms with E-state index in [2.05, 4.69) is 22.9 Å². The number of pyridine rings is 1. The fraction of sp³-hybridized carbons (Fsp3) is 0.450. The quantitative estimate of drug-likeness (QED) is 0.798. The van der Waals surface area contributed by atoms with E-state index in [1.807, 2.05) is 0 Å². The second-order valence-corrected chi connectivity index (χ2v) is 7.50. The van der Waals surface area contributed by atoms with Crippen LogP contribution in [-0.2, 0) is 17.2 Å². The number of hydrogen-bond donors (Lipinski definition) is 1. The number of ether oxygens (including phenoxy) is 1. The molecule has 0 saturated carbocycles. The van der Waals surface area contributed by atoms with Crippen molar-refractivity contribution in [3.05, 3.63) is 51.6 Å². The number of allylic oxidation sites excluding steroid dienone is 1. The molecule has 2 aromatic rings. The van der Waals surface area contributed by atoms with Gasteiger partial charge in [-0.15, -0.1) is 0 Å². The first-order valence-electron chi connectivity index (χ1n) is 9.06. The summed E-state index contributed by atoms with van der Waals surface area (Å²) in [6.45, 7) is 8.63. The number of hydrogen-bond acceptors (Lipinski definition) is 6. The Kier molecular flexibility index (Phi) is 5.09. The molecule has 0 spiro atoms. The summed E-state index contributed by atoms with van der Waals surface area (Å²) in [5.41, 5.74) is 0.0746. The highest BCUT2D eigenvalue weighted by atomic mass is 19.3. The Morgan fingerprint density at radius 2 is 2.17 bits per heavy atom. The van der Waals surface area contributed by atoms with Gasteiger partial charge in [0.25, 0.3) is 11.5 Å². The Hall–Kier alpha value is -2.99. The van der Waals surface area contributed by atoms with E-state index in [0.29, 0.717) is 22.6 Å². The predicted octanol–water partition coefficient (Wildman–Crippen LogP) is 2.47. The van der Waals surface area contributed by atoms with Crippen molar-refractivity contribution in [1.29, 1.82) is 5.26 Å². The Labute approximate surface area is 167 Å². The molecule has 0 amide bonds. The lowest BCUT2D eigenvalue weighted by Gasteiger charge is -2.45. The maximum atomic E-state index is 14.0. The minimum absolute atomic E-state index is 0.192. The van der Waals surface area contributed by atoms with E-state index in [1.165, 1.54) is 13.2 Å². The molecular formula is C20H23F2N5O2. The van der Waals surface area contributed by atoms with Gasteiger partial charge in [-0.05, 0) is 19.9 Å². The van der Waals surface area contributed by atoms with Crippen LogP contribution in [0.1, 0.15) is 30.5 Å². The average Bonchev–Trinajstić information content (AvgIpc) is 2.62. The van der Waals surface area contributed by atoms with E-state index in [1.54, 1.807) is 18.7 Å². The van der Waals surface area contributed by atoms with Gasteiger partial charge in [-0.3, -0.25) is 9.20 Å². The predicted molar refractivity (Wildman–Crippen MR) is 105 cm³/mol. The van der Waals surface area contributed by atoms with E-state index in [9.17, 15) is 18.8 Å². The number of nitriles is 1. The largest absolute Gasteiger partial charge is 0.385 e. The van der Waals surface area contributed by atoms with Crippen LogP contribution < -0.4 is 15.8 Å². The Bertz CT molecular complexity index is 1080. The molecule has 29 heavy (non-hydrogen) atoms. The van der Waals surface area contributed by atoms with Crippen molar-refractivity contribution in [3.8, 4) is 6.07 Å². The molecule has 0 unspecified atom stereocenters. The van der Waals surface area contributed by atoms with E-state index in [-0.39, 0.29) is 30.8 Å². The summed E-state index contributed by atoms with van der Waals surface area (Å²) in [6, 6.07) is 3.47. The number of nitrogens with one attached hydrogen (secondary N) is 1. The van der Waals surface area contributed by atoms with E-state index in [0.717, 1.165) is 17.5 Å². The highest BCUT2D eigenvalue weighted by Crippen LogP contribution is 2.32. The molecule has 0 atom stereocenters. The van der Waals surface area contributed by atoms with Crippen molar-refractivity contribution in [3.63, 3.8) is 0 Å². The summed E-state index contributed by atoms with van der Waals surface area (Å²) in [4.78, 5) is 19.4. The van der Waals surface area contributed by atoms with Gasteiger partial charge in [-0.2, -0.15) is 5.26 Å². The number of nitrogens with zero attached hydrogens (tertiary/aromatic N) is 4. The molecule has 2 aromatic heterocycles. The molecule has 3 rings (SSSR count). The van der Waals surface area contributed by atoms with Gasteiger partial charge in [0.15, 0.2) is 5.60 Å². The maximum Gasteiger partial charge on any atom is 0.271 e. The third-order valence-corrected chi connectivity index (χ3v) is 5.07. The summed E-state index contributed by atoms with van der Waals surface area (Å²) in [6.07, 6.45) is 1.14. The Balaban J connectivity index is 2.17. The van der Waals surface area contributed by atoms with Crippen molar-refractivity contribution in [1.82, 2.24) is 14.7 Å². The number of fused-ring (bicyclic) bond motifs is 1. The summed E-state index contributed by atoms with van der Waals surface area (Å²) < 4.78 is 34.4. The lowest BCUT2D eigenvalue weighted by molar-refractivity contribution is 0.0149. The highest BCUT2D eigenvalue weighted by molar-refractivity contribution is 5.60. The second-order valence-electron chi connectivity index (χ2n) is 7.50. The van der Waals surface area contributed by atoms with E-state index in [4.69, 9.17) is 4.74 Å². The summed E-state index contributed by atoms with van der Waals surface area (Å²) in [5, 5.41) is 12.3. The van der Waals surface area contributed by atoms with Crippen molar-refractivity contribution in [2.45, 2.75) is 38.8 Å². The van der Waals surface area contributed by atoms with Crippen LogP contribution in [0.5, 0.6) is 0 Å². The minimum Gasteiger partial charge on any atom is -0.385 e. The molecule has 9 heteroatoms. The summed E-state index contributed by atoms with van der Waals surface area (Å²) in [5.74, 6) is -2.69. The minimum atomic E-state index is -3.11. The molecule has 0 aromatic carbocycles. The van der Waals surface area contributed by atoms with Gasteiger partial charge in [-0.25, -0.2) is 13.8 Å². The van der Waals surface area contributed by atoms with Crippen LogP contribution >= 0.6 is 0 Å². The van der Waals surface area contributed by atoms with E-state index < -0.39 is 17.1 Å². The zero-order valence-corrected chi connectivity index (χ0v) is 16.8. The maximum absolute atomic E-state index is 14.0. The first-order valence-corrected chi connectivity index (χ1v) is 9.06. The lowest BCUT2D eigenvalue weighted by atomic mass is 9.95. The molecule has 1 N–H and O–H groups in total. The average molecular weight is 403 g/mol. The molecule has 1 fully saturated rings. The molecule has 1 aliphatic rings. The normalized spacial score (nSPS) is 15.7. The number of halogens is 2. The van der Waals surface area contributed by atoms with Crippen molar-refractivity contribution >= 4 is 11.5 Å². The van der Waals surface area contributed by atoms with Crippen molar-refractivity contribution in [2.75, 3.05) is 25.1 Å². The Morgan fingerprint density at radius 1 is 1.52 bits per heavy atom. The summed E-state index contributed by atoms with van der Waals surface area (Å²) >= 11 is 0. The standard InChI is InChI=1S/C20H23F2N5O2/c1-12(2)24-7-14-6-15(19(4,21)22)8-27-17(14)25-16(13(3)18(27)28)26-10-20(9-23,11-26)29-5/h6,8,24H,1,7,10-11H2,2-5H3. The molecule has 154 valence electrons. The fourth-order valence-corrected chi connectivity index (χ4v) is 3.28. The molecule has 0 bridgehead atoms. The van der Waals surface area contributed by atoms with Crippen LogP contribution in [0.25, 0.3) is 5.65 Å². The van der Waals surface area contributed by atoms with Crippen molar-refractivity contribution < 1.29 is 13.5 Å². The van der Waals surface area contributed by atoms with Crippen LogP contribution in [0.4, 0.5) is 14.6 Å². The Morgan fingerprint density at radius 3 is 2.69 bits per heavy atom. The van der Waals surface area contributed by atoms with Gasteiger partial charge in [0.05, 0.1) is 18.7 Å². The van der Waals surface area contributed by atoms with Crippen LogP contribution in [0.3, 0.4) is 0 Å². The number of rotatable bonds is 6. The molecule has 1 aliphatic heterocycles. The SMILES string of the molecule is C=C(C)NCc1cc(C(C)(F)F)cn2c(=O)c(C)c(N3CC(C#N)(OC)C3)nc12. The molecule has 7 nitrogen and oxygen atoms in total. The van der Waals surface area contributed by atoms with Gasteiger partial charge in [0.1, 0.15) is 17.5 Å². The first kappa shape index (κ1) is 20.7. The van der Waals surface area contributed by atoms with Crippen LogP contribution in [0.2, 0.25) is 0 Å². The van der Waals surface area contributed by atoms with Crippen LogP contribution in [0, 0.1) is 18.3 Å². The molecular weight excluding hydrogens is 380 g/mol. The molecule has 0 aliphatic carbocycles. The fourth-order valence-electron chi connectivity index (χ4n) is 3.28. The van der Waals surface area contributed by atoms with Crippen LogP contribution in [-0.4, -0.2) is 35.2 Å². The van der Waals surface area contributed by atoms with Gasteiger partial charge in [-0.1, -0.05) is 6.58 Å². The number of methoxy groups -OCH3 is 1. The molecule has 3 heterocycles. The molecule has 1 saturated heterocycles. The number of alkyl halides is 2. The smallest absolute Gasteiger partial charge is 0.271 e. The first-order chi connectivity index (χ1) is 13.5. The van der Waals surface area contributed by atoms with Gasteiger partial charge >= 0.3 is 0 Å².